The molecule has 0 radical (unpaired) electrons. The zero-order valence-electron chi connectivity index (χ0n) is 18.7. The lowest BCUT2D eigenvalue weighted by Gasteiger charge is -2.54. The largest absolute Gasteiger partial charge is 0.335 e. The molecule has 3 aromatic carbocycles. The first-order valence-electron chi connectivity index (χ1n) is 11.7. The molecule has 2 aliphatic heterocycles. The Morgan fingerprint density at radius 2 is 1.84 bits per heavy atom. The molecule has 1 aliphatic carbocycles. The van der Waals surface area contributed by atoms with Crippen LogP contribution in [0.5, 0.6) is 0 Å². The minimum absolute atomic E-state index is 0.0889. The Labute approximate surface area is 189 Å². The molecule has 0 saturated carbocycles. The number of fused-ring (bicyclic) bond motifs is 5. The molecular formula is C29H28N2O. The van der Waals surface area contributed by atoms with E-state index in [-0.39, 0.29) is 17.4 Å². The predicted molar refractivity (Wildman–Crippen MR) is 130 cm³/mol. The molecule has 6 rings (SSSR count). The lowest BCUT2D eigenvalue weighted by Crippen LogP contribution is -2.59. The Balaban J connectivity index is 1.34. The number of nitrogens with zero attached hydrogens (tertiary/aromatic N) is 2. The highest BCUT2D eigenvalue weighted by Crippen LogP contribution is 2.49. The standard InChI is InChI=1S/C29H28N2O/c1-19-27-18-22-9-8-21(20-6-4-3-5-7-20)17-25(22)29(19,2)13-15-31(27)28(32)24-10-11-26-23(16-24)12-14-30-26/h3-11,14,16-17,19,27H,12-13,15,18H2,1-2H3/t19-,27-,29-/m1/s1. The van der Waals surface area contributed by atoms with Crippen LogP contribution in [0.1, 0.15) is 47.3 Å². The van der Waals surface area contributed by atoms with Crippen molar-refractivity contribution in [1.82, 2.24) is 4.90 Å². The summed E-state index contributed by atoms with van der Waals surface area (Å²) in [5, 5.41) is 0. The topological polar surface area (TPSA) is 32.7 Å². The van der Waals surface area contributed by atoms with Crippen molar-refractivity contribution >= 4 is 17.8 Å². The van der Waals surface area contributed by atoms with E-state index >= 15 is 0 Å². The number of piperidine rings is 1. The summed E-state index contributed by atoms with van der Waals surface area (Å²) in [6.45, 7) is 5.57. The maximum absolute atomic E-state index is 13.6. The number of carbonyl (C=O) groups excluding carboxylic acids is 1. The second-order valence-corrected chi connectivity index (χ2v) is 9.82. The van der Waals surface area contributed by atoms with Crippen LogP contribution in [0.2, 0.25) is 0 Å². The summed E-state index contributed by atoms with van der Waals surface area (Å²) in [5.41, 5.74) is 8.48. The molecule has 3 nitrogen and oxygen atoms in total. The number of aliphatic imine (C=N–C) groups is 1. The molecule has 1 amide bonds. The van der Waals surface area contributed by atoms with E-state index in [0.29, 0.717) is 5.92 Å². The average Bonchev–Trinajstić information content (AvgIpc) is 3.29. The lowest BCUT2D eigenvalue weighted by molar-refractivity contribution is 0.0251. The number of likely N-dealkylation sites (tertiary alicyclic amines) is 1. The highest BCUT2D eigenvalue weighted by Gasteiger charge is 2.49. The maximum Gasteiger partial charge on any atom is 0.254 e. The van der Waals surface area contributed by atoms with Crippen molar-refractivity contribution in [3.63, 3.8) is 0 Å². The van der Waals surface area contributed by atoms with E-state index in [4.69, 9.17) is 0 Å². The molecule has 0 unspecified atom stereocenters. The molecule has 3 aliphatic rings. The van der Waals surface area contributed by atoms with Gasteiger partial charge in [0, 0.05) is 30.8 Å². The van der Waals surface area contributed by atoms with Crippen molar-refractivity contribution in [2.45, 2.75) is 44.6 Å². The van der Waals surface area contributed by atoms with Gasteiger partial charge in [-0.3, -0.25) is 9.79 Å². The van der Waals surface area contributed by atoms with Gasteiger partial charge in [-0.1, -0.05) is 62.4 Å². The quantitative estimate of drug-likeness (QED) is 0.502. The molecular weight excluding hydrogens is 392 g/mol. The van der Waals surface area contributed by atoms with Gasteiger partial charge in [0.05, 0.1) is 5.69 Å². The third-order valence-corrected chi connectivity index (χ3v) is 8.24. The van der Waals surface area contributed by atoms with Gasteiger partial charge in [-0.05, 0) is 70.2 Å². The molecule has 3 atom stereocenters. The van der Waals surface area contributed by atoms with E-state index in [1.807, 2.05) is 24.4 Å². The Kier molecular flexibility index (Phi) is 4.36. The summed E-state index contributed by atoms with van der Waals surface area (Å²) in [7, 11) is 0. The molecule has 3 aromatic rings. The predicted octanol–water partition coefficient (Wildman–Crippen LogP) is 5.98. The van der Waals surface area contributed by atoms with Gasteiger partial charge in [-0.15, -0.1) is 0 Å². The van der Waals surface area contributed by atoms with Gasteiger partial charge < -0.3 is 4.90 Å². The molecule has 1 saturated heterocycles. The van der Waals surface area contributed by atoms with Crippen LogP contribution >= 0.6 is 0 Å². The van der Waals surface area contributed by atoms with E-state index in [2.05, 4.69) is 72.3 Å². The number of benzene rings is 3. The van der Waals surface area contributed by atoms with Crippen LogP contribution in [0.25, 0.3) is 11.1 Å². The van der Waals surface area contributed by atoms with Gasteiger partial charge in [0.1, 0.15) is 0 Å². The summed E-state index contributed by atoms with van der Waals surface area (Å²) in [5.74, 6) is 0.583. The van der Waals surface area contributed by atoms with Crippen molar-refractivity contribution in [1.29, 1.82) is 0 Å². The Morgan fingerprint density at radius 1 is 1.00 bits per heavy atom. The smallest absolute Gasteiger partial charge is 0.254 e. The Morgan fingerprint density at radius 3 is 2.69 bits per heavy atom. The van der Waals surface area contributed by atoms with Crippen LogP contribution in [0, 0.1) is 5.92 Å². The fraction of sp³-hybridized carbons (Fsp3) is 0.310. The zero-order valence-corrected chi connectivity index (χ0v) is 18.7. The van der Waals surface area contributed by atoms with Crippen molar-refractivity contribution < 1.29 is 4.79 Å². The van der Waals surface area contributed by atoms with E-state index in [1.165, 1.54) is 22.3 Å². The minimum Gasteiger partial charge on any atom is -0.335 e. The van der Waals surface area contributed by atoms with Crippen LogP contribution in [0.15, 0.2) is 71.7 Å². The van der Waals surface area contributed by atoms with Crippen LogP contribution < -0.4 is 0 Å². The van der Waals surface area contributed by atoms with Crippen LogP contribution in [0.3, 0.4) is 0 Å². The number of carbonyl (C=O) groups is 1. The molecule has 0 N–H and O–H groups in total. The highest BCUT2D eigenvalue weighted by atomic mass is 16.2. The fourth-order valence-electron chi connectivity index (χ4n) is 6.10. The molecule has 160 valence electrons. The van der Waals surface area contributed by atoms with Crippen molar-refractivity contribution in [2.75, 3.05) is 6.54 Å². The van der Waals surface area contributed by atoms with Gasteiger partial charge in [0.15, 0.2) is 0 Å². The van der Waals surface area contributed by atoms with E-state index in [1.54, 1.807) is 0 Å². The van der Waals surface area contributed by atoms with Crippen LogP contribution in [-0.2, 0) is 18.3 Å². The SMILES string of the molecule is C[C@@H]1[C@H]2Cc3ccc(-c4ccccc4)cc3[C@]1(C)CCN2C(=O)c1ccc2c(c1)CC=N2. The summed E-state index contributed by atoms with van der Waals surface area (Å²) < 4.78 is 0. The first kappa shape index (κ1) is 19.5. The monoisotopic (exact) mass is 420 g/mol. The summed E-state index contributed by atoms with van der Waals surface area (Å²) in [4.78, 5) is 20.1. The first-order valence-corrected chi connectivity index (χ1v) is 11.7. The number of hydrogen-bond acceptors (Lipinski definition) is 2. The lowest BCUT2D eigenvalue weighted by atomic mass is 9.58. The summed E-state index contributed by atoms with van der Waals surface area (Å²) >= 11 is 0. The van der Waals surface area contributed by atoms with Crippen molar-refractivity contribution in [3.05, 3.63) is 89.0 Å². The number of amides is 1. The molecule has 2 bridgehead atoms. The van der Waals surface area contributed by atoms with Gasteiger partial charge >= 0.3 is 0 Å². The molecule has 0 aromatic heterocycles. The van der Waals surface area contributed by atoms with Crippen molar-refractivity contribution in [3.8, 4) is 11.1 Å². The van der Waals surface area contributed by atoms with Crippen molar-refractivity contribution in [2.24, 2.45) is 10.9 Å². The van der Waals surface area contributed by atoms with Gasteiger partial charge in [0.2, 0.25) is 0 Å². The van der Waals surface area contributed by atoms with E-state index in [9.17, 15) is 4.79 Å². The zero-order chi connectivity index (χ0) is 21.9. The van der Waals surface area contributed by atoms with Gasteiger partial charge in [-0.2, -0.15) is 0 Å². The number of hydrogen-bond donors (Lipinski definition) is 0. The Hall–Kier alpha value is -3.20. The second kappa shape index (κ2) is 7.16. The first-order chi connectivity index (χ1) is 15.5. The molecule has 0 spiro atoms. The second-order valence-electron chi connectivity index (χ2n) is 9.82. The number of rotatable bonds is 2. The molecule has 32 heavy (non-hydrogen) atoms. The highest BCUT2D eigenvalue weighted by molar-refractivity contribution is 5.96. The van der Waals surface area contributed by atoms with Crippen LogP contribution in [-0.4, -0.2) is 29.6 Å². The van der Waals surface area contributed by atoms with E-state index in [0.717, 1.165) is 42.6 Å². The molecule has 2 heterocycles. The normalized spacial score (nSPS) is 25.4. The third-order valence-electron chi connectivity index (χ3n) is 8.24. The van der Waals surface area contributed by atoms with E-state index < -0.39 is 0 Å². The van der Waals surface area contributed by atoms with Gasteiger partial charge in [-0.25, -0.2) is 0 Å². The molecule has 3 heteroatoms. The molecule has 1 fully saturated rings. The van der Waals surface area contributed by atoms with Gasteiger partial charge in [0.25, 0.3) is 5.91 Å². The van der Waals surface area contributed by atoms with Crippen LogP contribution in [0.4, 0.5) is 5.69 Å². The minimum atomic E-state index is 0.0889. The fourth-order valence-corrected chi connectivity index (χ4v) is 6.10. The average molecular weight is 421 g/mol. The maximum atomic E-state index is 13.6. The summed E-state index contributed by atoms with van der Waals surface area (Å²) in [6.07, 6.45) is 4.68. The third kappa shape index (κ3) is 2.87. The summed E-state index contributed by atoms with van der Waals surface area (Å²) in [6, 6.07) is 23.8. The Bertz CT molecular complexity index is 1250.